The van der Waals surface area contributed by atoms with E-state index in [0.29, 0.717) is 60.1 Å². The fraction of sp³-hybridized carbons (Fsp3) is 0.174. The summed E-state index contributed by atoms with van der Waals surface area (Å²) in [5.74, 6) is 1.18. The van der Waals surface area contributed by atoms with Gasteiger partial charge in [-0.1, -0.05) is 59.6 Å². The fourth-order valence-electron chi connectivity index (χ4n) is 3.32. The molecular weight excluding hydrogens is 479 g/mol. The molecule has 2 N–H and O–H groups in total. The quantitative estimate of drug-likeness (QED) is 0.414. The number of carbonyl (C=O) groups excluding carboxylic acids is 3. The molecule has 0 aliphatic carbocycles. The summed E-state index contributed by atoms with van der Waals surface area (Å²) in [6.07, 6.45) is 6.07. The van der Waals surface area contributed by atoms with Crippen molar-refractivity contribution in [3.63, 3.8) is 0 Å². The second-order valence-electron chi connectivity index (χ2n) is 7.36. The minimum absolute atomic E-state index is 0.0176. The SMILES string of the molecule is O=C1CCc2c(Cl)nc(/C=C/c3ccccc3)nc2N1.O=Cc1nc(Cl)c2c(n1)NC(=O)CC2. The number of carbonyl (C=O) groups is 3. The van der Waals surface area contributed by atoms with Crippen molar-refractivity contribution in [3.8, 4) is 0 Å². The number of nitrogens with one attached hydrogen (secondary N) is 2. The second kappa shape index (κ2) is 10.5. The number of amides is 2. The predicted octanol–water partition coefficient (Wildman–Crippen LogP) is 4.01. The van der Waals surface area contributed by atoms with Crippen molar-refractivity contribution in [2.75, 3.05) is 10.6 Å². The molecule has 34 heavy (non-hydrogen) atoms. The van der Waals surface area contributed by atoms with Crippen LogP contribution in [0.5, 0.6) is 0 Å². The molecule has 0 unspecified atom stereocenters. The van der Waals surface area contributed by atoms with Crippen LogP contribution in [0.25, 0.3) is 12.2 Å². The lowest BCUT2D eigenvalue weighted by Crippen LogP contribution is -2.21. The molecule has 11 heteroatoms. The standard InChI is InChI=1S/C15H12ClN3O.C8H6ClN3O2/c16-14-11-7-9-13(20)19-15(11)18-12(17-14)8-6-10-4-2-1-3-5-10;9-7-4-1-2-6(14)12-8(4)11-5(3-13)10-7/h1-6,8H,7,9H2,(H,17,18,19,20);3H,1-2H2,(H,10,11,12,14)/b8-6+;. The van der Waals surface area contributed by atoms with Gasteiger partial charge in [-0.15, -0.1) is 0 Å². The molecule has 4 heterocycles. The molecule has 5 rings (SSSR count). The van der Waals surface area contributed by atoms with Gasteiger partial charge in [-0.3, -0.25) is 14.4 Å². The minimum atomic E-state index is -0.121. The van der Waals surface area contributed by atoms with Gasteiger partial charge in [0.15, 0.2) is 17.9 Å². The number of rotatable bonds is 3. The predicted molar refractivity (Wildman–Crippen MR) is 129 cm³/mol. The Kier molecular flexibility index (Phi) is 7.24. The normalized spacial score (nSPS) is 14.3. The summed E-state index contributed by atoms with van der Waals surface area (Å²) < 4.78 is 0. The van der Waals surface area contributed by atoms with Crippen LogP contribution in [0.2, 0.25) is 10.3 Å². The van der Waals surface area contributed by atoms with E-state index in [-0.39, 0.29) is 22.8 Å². The lowest BCUT2D eigenvalue weighted by Gasteiger charge is -2.16. The maximum absolute atomic E-state index is 11.4. The summed E-state index contributed by atoms with van der Waals surface area (Å²) in [6.45, 7) is 0. The minimum Gasteiger partial charge on any atom is -0.310 e. The third-order valence-corrected chi connectivity index (χ3v) is 5.62. The van der Waals surface area contributed by atoms with Gasteiger partial charge in [0.05, 0.1) is 0 Å². The Morgan fingerprint density at radius 2 is 1.24 bits per heavy atom. The number of benzene rings is 1. The van der Waals surface area contributed by atoms with Crippen molar-refractivity contribution in [1.29, 1.82) is 0 Å². The lowest BCUT2D eigenvalue weighted by atomic mass is 10.1. The molecule has 1 aromatic carbocycles. The number of aromatic nitrogens is 4. The van der Waals surface area contributed by atoms with Crippen molar-refractivity contribution in [2.24, 2.45) is 0 Å². The van der Waals surface area contributed by atoms with Gasteiger partial charge in [0.1, 0.15) is 21.9 Å². The fourth-order valence-corrected chi connectivity index (χ4v) is 3.86. The average Bonchev–Trinajstić information content (AvgIpc) is 2.83. The van der Waals surface area contributed by atoms with Gasteiger partial charge >= 0.3 is 0 Å². The molecular formula is C23H18Cl2N6O3. The number of halogens is 2. The summed E-state index contributed by atoms with van der Waals surface area (Å²) in [5, 5.41) is 5.91. The molecule has 0 saturated heterocycles. The first-order valence-corrected chi connectivity index (χ1v) is 11.1. The molecule has 172 valence electrons. The number of aldehydes is 1. The van der Waals surface area contributed by atoms with E-state index in [1.807, 2.05) is 36.4 Å². The van der Waals surface area contributed by atoms with Crippen LogP contribution in [-0.2, 0) is 22.4 Å². The van der Waals surface area contributed by atoms with Crippen molar-refractivity contribution in [1.82, 2.24) is 19.9 Å². The van der Waals surface area contributed by atoms with Gasteiger partial charge in [-0.25, -0.2) is 19.9 Å². The van der Waals surface area contributed by atoms with Crippen LogP contribution in [0.4, 0.5) is 11.6 Å². The van der Waals surface area contributed by atoms with Gasteiger partial charge in [0.25, 0.3) is 0 Å². The van der Waals surface area contributed by atoms with Crippen LogP contribution in [0.3, 0.4) is 0 Å². The molecule has 0 fully saturated rings. The van der Waals surface area contributed by atoms with Crippen molar-refractivity contribution in [3.05, 3.63) is 69.0 Å². The Labute approximate surface area is 204 Å². The van der Waals surface area contributed by atoms with Crippen molar-refractivity contribution < 1.29 is 14.4 Å². The van der Waals surface area contributed by atoms with Crippen LogP contribution in [0.1, 0.15) is 46.0 Å². The third-order valence-electron chi connectivity index (χ3n) is 5.00. The Balaban J connectivity index is 0.000000172. The summed E-state index contributed by atoms with van der Waals surface area (Å²) in [5.41, 5.74) is 2.55. The smallest absolute Gasteiger partial charge is 0.225 e. The molecule has 9 nitrogen and oxygen atoms in total. The molecule has 2 aromatic heterocycles. The molecule has 2 aliphatic heterocycles. The average molecular weight is 497 g/mol. The topological polar surface area (TPSA) is 127 Å². The monoisotopic (exact) mass is 496 g/mol. The molecule has 0 saturated carbocycles. The molecule has 0 spiro atoms. The number of hydrogen-bond acceptors (Lipinski definition) is 7. The third kappa shape index (κ3) is 5.62. The Morgan fingerprint density at radius 3 is 1.79 bits per heavy atom. The van der Waals surface area contributed by atoms with Crippen LogP contribution >= 0.6 is 23.2 Å². The Morgan fingerprint density at radius 1 is 0.706 bits per heavy atom. The zero-order chi connectivity index (χ0) is 24.1. The highest BCUT2D eigenvalue weighted by Crippen LogP contribution is 2.27. The second-order valence-corrected chi connectivity index (χ2v) is 8.07. The highest BCUT2D eigenvalue weighted by molar-refractivity contribution is 6.31. The first-order valence-electron chi connectivity index (χ1n) is 10.3. The maximum Gasteiger partial charge on any atom is 0.225 e. The van der Waals surface area contributed by atoms with E-state index in [2.05, 4.69) is 30.6 Å². The van der Waals surface area contributed by atoms with Crippen LogP contribution in [-0.4, -0.2) is 38.0 Å². The summed E-state index contributed by atoms with van der Waals surface area (Å²) in [7, 11) is 0. The Hall–Kier alpha value is -3.69. The lowest BCUT2D eigenvalue weighted by molar-refractivity contribution is -0.117. The molecule has 3 aromatic rings. The molecule has 0 radical (unpaired) electrons. The van der Waals surface area contributed by atoms with Crippen LogP contribution in [0.15, 0.2) is 30.3 Å². The summed E-state index contributed by atoms with van der Waals surface area (Å²) in [6, 6.07) is 9.84. The van der Waals surface area contributed by atoms with Gasteiger partial charge in [-0.05, 0) is 24.5 Å². The van der Waals surface area contributed by atoms with Crippen LogP contribution < -0.4 is 10.6 Å². The van der Waals surface area contributed by atoms with E-state index in [0.717, 1.165) is 11.1 Å². The van der Waals surface area contributed by atoms with E-state index in [1.54, 1.807) is 6.08 Å². The molecule has 2 amide bonds. The molecule has 2 aliphatic rings. The van der Waals surface area contributed by atoms with E-state index in [9.17, 15) is 14.4 Å². The molecule has 0 atom stereocenters. The zero-order valence-corrected chi connectivity index (χ0v) is 19.2. The Bertz CT molecular complexity index is 1300. The largest absolute Gasteiger partial charge is 0.310 e. The first-order chi connectivity index (χ1) is 16.4. The van der Waals surface area contributed by atoms with E-state index in [4.69, 9.17) is 23.2 Å². The summed E-state index contributed by atoms with van der Waals surface area (Å²) in [4.78, 5) is 49.0. The van der Waals surface area contributed by atoms with Gasteiger partial charge < -0.3 is 10.6 Å². The van der Waals surface area contributed by atoms with E-state index < -0.39 is 0 Å². The highest BCUT2D eigenvalue weighted by atomic mass is 35.5. The van der Waals surface area contributed by atoms with E-state index >= 15 is 0 Å². The van der Waals surface area contributed by atoms with E-state index in [1.165, 1.54) is 0 Å². The van der Waals surface area contributed by atoms with Crippen molar-refractivity contribution >= 4 is 65.1 Å². The number of nitrogens with zero attached hydrogens (tertiary/aromatic N) is 4. The highest BCUT2D eigenvalue weighted by Gasteiger charge is 2.21. The number of hydrogen-bond donors (Lipinski definition) is 2. The van der Waals surface area contributed by atoms with Gasteiger partial charge in [0.2, 0.25) is 11.8 Å². The first kappa shape index (κ1) is 23.5. The molecule has 0 bridgehead atoms. The van der Waals surface area contributed by atoms with Crippen LogP contribution in [0, 0.1) is 0 Å². The van der Waals surface area contributed by atoms with Crippen molar-refractivity contribution in [2.45, 2.75) is 25.7 Å². The van der Waals surface area contributed by atoms with Gasteiger partial charge in [-0.2, -0.15) is 0 Å². The maximum atomic E-state index is 11.4. The summed E-state index contributed by atoms with van der Waals surface area (Å²) >= 11 is 12.0. The van der Waals surface area contributed by atoms with Gasteiger partial charge in [0, 0.05) is 24.0 Å². The zero-order valence-electron chi connectivity index (χ0n) is 17.7. The number of anilines is 2. The number of fused-ring (bicyclic) bond motifs is 2.